The van der Waals surface area contributed by atoms with E-state index in [1.165, 1.54) is 7.05 Å². The predicted octanol–water partition coefficient (Wildman–Crippen LogP) is 2.74. The highest BCUT2D eigenvalue weighted by molar-refractivity contribution is 5.54. The van der Waals surface area contributed by atoms with Crippen molar-refractivity contribution in [3.8, 4) is 17.2 Å². The number of halogens is 3. The third-order valence-electron chi connectivity index (χ3n) is 2.67. The molecule has 5 nitrogen and oxygen atoms in total. The van der Waals surface area contributed by atoms with Crippen molar-refractivity contribution in [1.29, 1.82) is 0 Å². The molecule has 0 amide bonds. The summed E-state index contributed by atoms with van der Waals surface area (Å²) in [7, 11) is 2.90. The second-order valence-corrected chi connectivity index (χ2v) is 4.53. The summed E-state index contributed by atoms with van der Waals surface area (Å²) >= 11 is 0. The normalized spacial score (nSPS) is 11.9. The van der Waals surface area contributed by atoms with Crippen LogP contribution in [0, 0.1) is 0 Å². The van der Waals surface area contributed by atoms with Crippen LogP contribution in [0.25, 0.3) is 11.5 Å². The molecular weight excluding hydrogens is 287 g/mol. The third-order valence-corrected chi connectivity index (χ3v) is 2.67. The van der Waals surface area contributed by atoms with Gasteiger partial charge in [-0.25, -0.2) is 0 Å². The van der Waals surface area contributed by atoms with Crippen LogP contribution in [0.4, 0.5) is 13.2 Å². The molecule has 0 aliphatic carbocycles. The molecule has 0 unspecified atom stereocenters. The summed E-state index contributed by atoms with van der Waals surface area (Å²) in [6.45, 7) is -1.07. The van der Waals surface area contributed by atoms with E-state index in [1.807, 2.05) is 0 Å². The van der Waals surface area contributed by atoms with Crippen LogP contribution >= 0.6 is 0 Å². The maximum Gasteiger partial charge on any atom is 0.401 e. The molecule has 0 bridgehead atoms. The first kappa shape index (κ1) is 15.3. The number of aromatic nitrogens is 2. The first-order valence-corrected chi connectivity index (χ1v) is 6.09. The minimum atomic E-state index is -4.25. The fourth-order valence-electron chi connectivity index (χ4n) is 1.77. The standard InChI is InChI=1S/C13H14F3N3O2/c1-19(8-13(14,15)16)7-11-17-12(21-18-11)9-3-5-10(20-2)6-4-9/h3-6H,7-8H2,1-2H3. The van der Waals surface area contributed by atoms with Crippen molar-refractivity contribution in [2.75, 3.05) is 20.7 Å². The van der Waals surface area contributed by atoms with Crippen molar-refractivity contribution in [2.24, 2.45) is 0 Å². The highest BCUT2D eigenvalue weighted by Gasteiger charge is 2.29. The van der Waals surface area contributed by atoms with Crippen molar-refractivity contribution < 1.29 is 22.4 Å². The average Bonchev–Trinajstić information content (AvgIpc) is 2.85. The van der Waals surface area contributed by atoms with Crippen molar-refractivity contribution in [1.82, 2.24) is 15.0 Å². The monoisotopic (exact) mass is 301 g/mol. The molecule has 0 saturated carbocycles. The molecule has 1 aromatic heterocycles. The Bertz CT molecular complexity index is 581. The summed E-state index contributed by atoms with van der Waals surface area (Å²) in [5, 5.41) is 3.68. The molecule has 2 aromatic rings. The van der Waals surface area contributed by atoms with E-state index in [4.69, 9.17) is 9.26 Å². The van der Waals surface area contributed by atoms with Crippen LogP contribution in [-0.4, -0.2) is 41.9 Å². The Kier molecular flexibility index (Phi) is 4.46. The molecule has 114 valence electrons. The zero-order valence-corrected chi connectivity index (χ0v) is 11.5. The molecule has 8 heteroatoms. The second-order valence-electron chi connectivity index (χ2n) is 4.53. The van der Waals surface area contributed by atoms with Crippen LogP contribution in [0.3, 0.4) is 0 Å². The molecule has 0 atom stereocenters. The molecule has 0 radical (unpaired) electrons. The highest BCUT2D eigenvalue weighted by atomic mass is 19.4. The Morgan fingerprint density at radius 1 is 1.24 bits per heavy atom. The van der Waals surface area contributed by atoms with Gasteiger partial charge in [-0.1, -0.05) is 5.16 Å². The molecule has 0 aliphatic rings. The number of rotatable bonds is 5. The van der Waals surface area contributed by atoms with E-state index < -0.39 is 12.7 Å². The lowest BCUT2D eigenvalue weighted by atomic mass is 10.2. The fraction of sp³-hybridized carbons (Fsp3) is 0.385. The van der Waals surface area contributed by atoms with Gasteiger partial charge in [0.15, 0.2) is 5.82 Å². The van der Waals surface area contributed by atoms with E-state index in [1.54, 1.807) is 31.4 Å². The van der Waals surface area contributed by atoms with Crippen LogP contribution in [0.15, 0.2) is 28.8 Å². The van der Waals surface area contributed by atoms with Gasteiger partial charge in [0.2, 0.25) is 0 Å². The van der Waals surface area contributed by atoms with Gasteiger partial charge in [0.1, 0.15) is 5.75 Å². The van der Waals surface area contributed by atoms with E-state index in [2.05, 4.69) is 10.1 Å². The van der Waals surface area contributed by atoms with Gasteiger partial charge in [-0.15, -0.1) is 0 Å². The molecule has 1 aromatic carbocycles. The van der Waals surface area contributed by atoms with E-state index in [9.17, 15) is 13.2 Å². The first-order chi connectivity index (χ1) is 9.87. The number of alkyl halides is 3. The molecule has 0 spiro atoms. The lowest BCUT2D eigenvalue weighted by molar-refractivity contribution is -0.144. The zero-order chi connectivity index (χ0) is 15.5. The van der Waals surface area contributed by atoms with Gasteiger partial charge in [-0.05, 0) is 31.3 Å². The lowest BCUT2D eigenvalue weighted by Crippen LogP contribution is -2.30. The summed E-state index contributed by atoms with van der Waals surface area (Å²) in [5.41, 5.74) is 0.674. The number of hydrogen-bond acceptors (Lipinski definition) is 5. The predicted molar refractivity (Wildman–Crippen MR) is 68.7 cm³/mol. The van der Waals surface area contributed by atoms with Gasteiger partial charge in [0.25, 0.3) is 5.89 Å². The van der Waals surface area contributed by atoms with Crippen molar-refractivity contribution in [3.63, 3.8) is 0 Å². The second kappa shape index (κ2) is 6.13. The topological polar surface area (TPSA) is 51.4 Å². The lowest BCUT2D eigenvalue weighted by Gasteiger charge is -2.16. The Morgan fingerprint density at radius 2 is 1.90 bits per heavy atom. The van der Waals surface area contributed by atoms with Crippen molar-refractivity contribution >= 4 is 0 Å². The van der Waals surface area contributed by atoms with E-state index >= 15 is 0 Å². The molecule has 2 rings (SSSR count). The molecule has 0 saturated heterocycles. The quantitative estimate of drug-likeness (QED) is 0.850. The number of nitrogens with zero attached hydrogens (tertiary/aromatic N) is 3. The number of methoxy groups -OCH3 is 1. The number of ether oxygens (including phenoxy) is 1. The van der Waals surface area contributed by atoms with Gasteiger partial charge in [0, 0.05) is 5.56 Å². The first-order valence-electron chi connectivity index (χ1n) is 6.09. The maximum absolute atomic E-state index is 12.2. The molecule has 0 fully saturated rings. The van der Waals surface area contributed by atoms with E-state index in [0.29, 0.717) is 11.3 Å². The van der Waals surface area contributed by atoms with Crippen LogP contribution in [-0.2, 0) is 6.54 Å². The largest absolute Gasteiger partial charge is 0.497 e. The fourth-order valence-corrected chi connectivity index (χ4v) is 1.77. The molecule has 21 heavy (non-hydrogen) atoms. The molecular formula is C13H14F3N3O2. The third kappa shape index (κ3) is 4.45. The minimum absolute atomic E-state index is 0.0425. The summed E-state index contributed by atoms with van der Waals surface area (Å²) in [6, 6.07) is 6.93. The van der Waals surface area contributed by atoms with Crippen LogP contribution in [0.5, 0.6) is 5.75 Å². The molecule has 0 aliphatic heterocycles. The van der Waals surface area contributed by atoms with E-state index in [0.717, 1.165) is 4.90 Å². The van der Waals surface area contributed by atoms with Crippen LogP contribution in [0.1, 0.15) is 5.82 Å². The molecule has 1 heterocycles. The van der Waals surface area contributed by atoms with Gasteiger partial charge < -0.3 is 9.26 Å². The Labute approximate surface area is 119 Å². The Hall–Kier alpha value is -2.09. The average molecular weight is 301 g/mol. The van der Waals surface area contributed by atoms with Crippen molar-refractivity contribution in [3.05, 3.63) is 30.1 Å². The molecule has 0 N–H and O–H groups in total. The Morgan fingerprint density at radius 3 is 2.48 bits per heavy atom. The summed E-state index contributed by atoms with van der Waals surface area (Å²) in [4.78, 5) is 5.15. The summed E-state index contributed by atoms with van der Waals surface area (Å²) < 4.78 is 46.8. The maximum atomic E-state index is 12.2. The van der Waals surface area contributed by atoms with E-state index in [-0.39, 0.29) is 18.3 Å². The van der Waals surface area contributed by atoms with Crippen LogP contribution < -0.4 is 4.74 Å². The summed E-state index contributed by atoms with van der Waals surface area (Å²) in [5.74, 6) is 1.14. The Balaban J connectivity index is 2.03. The van der Waals surface area contributed by atoms with Gasteiger partial charge in [-0.2, -0.15) is 18.2 Å². The van der Waals surface area contributed by atoms with Gasteiger partial charge in [-0.3, -0.25) is 4.90 Å². The zero-order valence-electron chi connectivity index (χ0n) is 11.5. The minimum Gasteiger partial charge on any atom is -0.497 e. The SMILES string of the molecule is COc1ccc(-c2nc(CN(C)CC(F)(F)F)no2)cc1. The van der Waals surface area contributed by atoms with Gasteiger partial charge in [0.05, 0.1) is 20.2 Å². The summed E-state index contributed by atoms with van der Waals surface area (Å²) in [6.07, 6.45) is -4.25. The smallest absolute Gasteiger partial charge is 0.401 e. The van der Waals surface area contributed by atoms with Crippen LogP contribution in [0.2, 0.25) is 0 Å². The number of hydrogen-bond donors (Lipinski definition) is 0. The highest BCUT2D eigenvalue weighted by Crippen LogP contribution is 2.21. The van der Waals surface area contributed by atoms with Crippen molar-refractivity contribution in [2.45, 2.75) is 12.7 Å². The number of benzene rings is 1. The van der Waals surface area contributed by atoms with Gasteiger partial charge >= 0.3 is 6.18 Å².